The lowest BCUT2D eigenvalue weighted by Gasteiger charge is -2.08. The second-order valence-corrected chi connectivity index (χ2v) is 4.53. The van der Waals surface area contributed by atoms with E-state index in [-0.39, 0.29) is 11.4 Å². The largest absolute Gasteiger partial charge is 0.477 e. The molecule has 0 aliphatic carbocycles. The maximum atomic E-state index is 12.5. The van der Waals surface area contributed by atoms with Gasteiger partial charge in [-0.05, 0) is 36.8 Å². The molecule has 0 saturated carbocycles. The summed E-state index contributed by atoms with van der Waals surface area (Å²) in [5.41, 5.74) is 0.0137. The number of benzene rings is 1. The van der Waals surface area contributed by atoms with Crippen LogP contribution in [0, 0.1) is 0 Å². The Bertz CT molecular complexity index is 645. The Hall–Kier alpha value is -2.31. The number of aromatic carboxylic acids is 1. The van der Waals surface area contributed by atoms with Crippen LogP contribution in [-0.2, 0) is 12.6 Å². The van der Waals surface area contributed by atoms with Gasteiger partial charge < -0.3 is 5.11 Å². The highest BCUT2D eigenvalue weighted by Gasteiger charge is 2.30. The van der Waals surface area contributed by atoms with E-state index in [9.17, 15) is 18.0 Å². The lowest BCUT2D eigenvalue weighted by molar-refractivity contribution is -0.137. The SMILES string of the molecule is CCCc1cc(C(=O)O)n(-c2ccc(C(F)(F)F)cc2)n1. The second-order valence-electron chi connectivity index (χ2n) is 4.53. The van der Waals surface area contributed by atoms with Crippen LogP contribution in [-0.4, -0.2) is 20.9 Å². The Morgan fingerprint density at radius 1 is 1.29 bits per heavy atom. The Morgan fingerprint density at radius 2 is 1.90 bits per heavy atom. The van der Waals surface area contributed by atoms with Gasteiger partial charge in [0, 0.05) is 0 Å². The van der Waals surface area contributed by atoms with Crippen LogP contribution in [0.2, 0.25) is 0 Å². The minimum absolute atomic E-state index is 0.0711. The molecule has 0 bridgehead atoms. The van der Waals surface area contributed by atoms with Gasteiger partial charge >= 0.3 is 12.1 Å². The Morgan fingerprint density at radius 3 is 2.38 bits per heavy atom. The molecule has 1 N–H and O–H groups in total. The predicted octanol–water partition coefficient (Wildman–Crippen LogP) is 3.54. The molecule has 0 aliphatic rings. The smallest absolute Gasteiger partial charge is 0.416 e. The highest BCUT2D eigenvalue weighted by atomic mass is 19.4. The van der Waals surface area contributed by atoms with E-state index < -0.39 is 17.7 Å². The molecule has 0 amide bonds. The van der Waals surface area contributed by atoms with E-state index in [2.05, 4.69) is 5.10 Å². The van der Waals surface area contributed by atoms with E-state index in [4.69, 9.17) is 5.11 Å². The number of carbonyl (C=O) groups is 1. The minimum Gasteiger partial charge on any atom is -0.477 e. The van der Waals surface area contributed by atoms with Crippen molar-refractivity contribution in [1.29, 1.82) is 0 Å². The number of aromatic nitrogens is 2. The van der Waals surface area contributed by atoms with Gasteiger partial charge in [0.25, 0.3) is 0 Å². The van der Waals surface area contributed by atoms with Crippen LogP contribution in [0.15, 0.2) is 30.3 Å². The molecule has 4 nitrogen and oxygen atoms in total. The van der Waals surface area contributed by atoms with E-state index in [1.807, 2.05) is 6.92 Å². The summed E-state index contributed by atoms with van der Waals surface area (Å²) in [4.78, 5) is 11.2. The van der Waals surface area contributed by atoms with Gasteiger partial charge in [-0.1, -0.05) is 13.3 Å². The fraction of sp³-hybridized carbons (Fsp3) is 0.286. The molecule has 0 saturated heterocycles. The van der Waals surface area contributed by atoms with Crippen LogP contribution in [0.1, 0.15) is 35.1 Å². The first-order valence-corrected chi connectivity index (χ1v) is 6.32. The van der Waals surface area contributed by atoms with Crippen molar-refractivity contribution in [3.63, 3.8) is 0 Å². The molecule has 0 unspecified atom stereocenters. The Labute approximate surface area is 118 Å². The van der Waals surface area contributed by atoms with Gasteiger partial charge in [-0.25, -0.2) is 9.48 Å². The van der Waals surface area contributed by atoms with Gasteiger partial charge in [0.15, 0.2) is 5.69 Å². The molecule has 7 heteroatoms. The third kappa shape index (κ3) is 3.24. The molecular formula is C14H13F3N2O2. The highest BCUT2D eigenvalue weighted by Crippen LogP contribution is 2.29. The number of nitrogens with zero attached hydrogens (tertiary/aromatic N) is 2. The van der Waals surface area contributed by atoms with Crippen molar-refractivity contribution in [3.05, 3.63) is 47.3 Å². The standard InChI is InChI=1S/C14H13F3N2O2/c1-2-3-10-8-12(13(20)21)19(18-10)11-6-4-9(5-7-11)14(15,16)17/h4-8H,2-3H2,1H3,(H,20,21). The number of aryl methyl sites for hydroxylation is 1. The lowest BCUT2D eigenvalue weighted by Crippen LogP contribution is -2.09. The normalized spacial score (nSPS) is 11.6. The molecule has 1 aromatic heterocycles. The minimum atomic E-state index is -4.42. The Balaban J connectivity index is 2.43. The maximum absolute atomic E-state index is 12.5. The summed E-state index contributed by atoms with van der Waals surface area (Å²) in [5, 5.41) is 13.3. The summed E-state index contributed by atoms with van der Waals surface area (Å²) in [6.45, 7) is 1.93. The molecule has 0 radical (unpaired) electrons. The van der Waals surface area contributed by atoms with Gasteiger partial charge in [-0.3, -0.25) is 0 Å². The monoisotopic (exact) mass is 298 g/mol. The molecule has 0 fully saturated rings. The zero-order chi connectivity index (χ0) is 15.6. The first kappa shape index (κ1) is 15.1. The van der Waals surface area contributed by atoms with Crippen LogP contribution in [0.25, 0.3) is 5.69 Å². The molecule has 2 rings (SSSR count). The van der Waals surface area contributed by atoms with E-state index in [1.54, 1.807) is 0 Å². The van der Waals surface area contributed by atoms with Crippen molar-refractivity contribution in [2.24, 2.45) is 0 Å². The molecule has 112 valence electrons. The van der Waals surface area contributed by atoms with Gasteiger partial charge in [0.1, 0.15) is 0 Å². The molecule has 1 aromatic carbocycles. The number of halogens is 3. The molecule has 21 heavy (non-hydrogen) atoms. The number of alkyl halides is 3. The summed E-state index contributed by atoms with van der Waals surface area (Å²) in [5.74, 6) is -1.18. The second kappa shape index (κ2) is 5.59. The number of carboxylic acid groups (broad SMARTS) is 1. The summed E-state index contributed by atoms with van der Waals surface area (Å²) >= 11 is 0. The van der Waals surface area contributed by atoms with Gasteiger partial charge in [0.05, 0.1) is 16.9 Å². The summed E-state index contributed by atoms with van der Waals surface area (Å²) < 4.78 is 38.7. The highest BCUT2D eigenvalue weighted by molar-refractivity contribution is 5.86. The third-order valence-electron chi connectivity index (χ3n) is 2.92. The molecular weight excluding hydrogens is 285 g/mol. The van der Waals surface area contributed by atoms with Crippen molar-refractivity contribution in [1.82, 2.24) is 9.78 Å². The summed E-state index contributed by atoms with van der Waals surface area (Å²) in [6.07, 6.45) is -3.03. The molecule has 0 aliphatic heterocycles. The average molecular weight is 298 g/mol. The lowest BCUT2D eigenvalue weighted by atomic mass is 10.2. The van der Waals surface area contributed by atoms with Gasteiger partial charge in [-0.15, -0.1) is 0 Å². The van der Waals surface area contributed by atoms with Gasteiger partial charge in [-0.2, -0.15) is 18.3 Å². The number of hydrogen-bond acceptors (Lipinski definition) is 2. The Kier molecular flexibility index (Phi) is 4.02. The number of carboxylic acids is 1. The van der Waals surface area contributed by atoms with Crippen molar-refractivity contribution >= 4 is 5.97 Å². The molecule has 1 heterocycles. The first-order chi connectivity index (χ1) is 9.82. The zero-order valence-electron chi connectivity index (χ0n) is 11.2. The van der Waals surface area contributed by atoms with Crippen LogP contribution < -0.4 is 0 Å². The van der Waals surface area contributed by atoms with E-state index in [1.165, 1.54) is 18.2 Å². The van der Waals surface area contributed by atoms with Crippen LogP contribution in [0.3, 0.4) is 0 Å². The fourth-order valence-corrected chi connectivity index (χ4v) is 1.95. The van der Waals surface area contributed by atoms with E-state index >= 15 is 0 Å². The van der Waals surface area contributed by atoms with Crippen molar-refractivity contribution in [2.45, 2.75) is 25.9 Å². The van der Waals surface area contributed by atoms with Crippen LogP contribution in [0.4, 0.5) is 13.2 Å². The third-order valence-corrected chi connectivity index (χ3v) is 2.92. The number of rotatable bonds is 4. The van der Waals surface area contributed by atoms with Crippen molar-refractivity contribution in [2.75, 3.05) is 0 Å². The summed E-state index contributed by atoms with van der Waals surface area (Å²) in [6, 6.07) is 5.66. The molecule has 2 aromatic rings. The summed E-state index contributed by atoms with van der Waals surface area (Å²) in [7, 11) is 0. The average Bonchev–Trinajstić information content (AvgIpc) is 2.82. The van der Waals surface area contributed by atoms with Crippen LogP contribution in [0.5, 0.6) is 0 Å². The predicted molar refractivity (Wildman–Crippen MR) is 69.5 cm³/mol. The van der Waals surface area contributed by atoms with E-state index in [0.717, 1.165) is 23.2 Å². The quantitative estimate of drug-likeness (QED) is 0.939. The van der Waals surface area contributed by atoms with E-state index in [0.29, 0.717) is 12.1 Å². The topological polar surface area (TPSA) is 55.1 Å². The molecule has 0 spiro atoms. The van der Waals surface area contributed by atoms with Gasteiger partial charge in [0.2, 0.25) is 0 Å². The maximum Gasteiger partial charge on any atom is 0.416 e. The number of hydrogen-bond donors (Lipinski definition) is 1. The van der Waals surface area contributed by atoms with Crippen molar-refractivity contribution in [3.8, 4) is 5.69 Å². The van der Waals surface area contributed by atoms with Crippen LogP contribution >= 0.6 is 0 Å². The molecule has 0 atom stereocenters. The zero-order valence-corrected chi connectivity index (χ0v) is 11.2. The fourth-order valence-electron chi connectivity index (χ4n) is 1.95. The van der Waals surface area contributed by atoms with Crippen molar-refractivity contribution < 1.29 is 23.1 Å². The first-order valence-electron chi connectivity index (χ1n) is 6.32.